The molecular formula is C16H32N2O3. The molecule has 1 saturated heterocycles. The smallest absolute Gasteiger partial charge is 0.0691 e. The van der Waals surface area contributed by atoms with E-state index in [-0.39, 0.29) is 11.0 Å². The van der Waals surface area contributed by atoms with Gasteiger partial charge in [-0.3, -0.25) is 4.90 Å². The molecule has 5 nitrogen and oxygen atoms in total. The van der Waals surface area contributed by atoms with Crippen molar-refractivity contribution in [2.75, 3.05) is 53.7 Å². The van der Waals surface area contributed by atoms with Crippen LogP contribution in [0.3, 0.4) is 0 Å². The van der Waals surface area contributed by atoms with Crippen molar-refractivity contribution in [1.29, 1.82) is 0 Å². The van der Waals surface area contributed by atoms with Crippen LogP contribution in [0.1, 0.15) is 26.7 Å². The third-order valence-corrected chi connectivity index (χ3v) is 5.58. The number of fused-ring (bicyclic) bond motifs is 1. The molecule has 0 aromatic carbocycles. The second kappa shape index (κ2) is 6.92. The van der Waals surface area contributed by atoms with Crippen molar-refractivity contribution in [3.8, 4) is 0 Å². The lowest BCUT2D eigenvalue weighted by Crippen LogP contribution is -2.78. The summed E-state index contributed by atoms with van der Waals surface area (Å²) in [7, 11) is 3.50. The molecule has 0 radical (unpaired) electrons. The number of rotatable bonds is 9. The van der Waals surface area contributed by atoms with Gasteiger partial charge in [-0.05, 0) is 12.8 Å². The van der Waals surface area contributed by atoms with Crippen LogP contribution in [0.15, 0.2) is 0 Å². The highest BCUT2D eigenvalue weighted by atomic mass is 16.5. The van der Waals surface area contributed by atoms with Crippen molar-refractivity contribution in [1.82, 2.24) is 4.90 Å². The van der Waals surface area contributed by atoms with Gasteiger partial charge in [0.2, 0.25) is 0 Å². The fourth-order valence-corrected chi connectivity index (χ4v) is 4.09. The summed E-state index contributed by atoms with van der Waals surface area (Å²) in [6, 6.07) is 0. The van der Waals surface area contributed by atoms with E-state index >= 15 is 0 Å². The van der Waals surface area contributed by atoms with Gasteiger partial charge in [-0.2, -0.15) is 0 Å². The number of nitrogens with two attached hydrogens (primary N) is 1. The lowest BCUT2D eigenvalue weighted by atomic mass is 9.48. The quantitative estimate of drug-likeness (QED) is 0.647. The Balaban J connectivity index is 1.97. The van der Waals surface area contributed by atoms with E-state index in [1.54, 1.807) is 14.2 Å². The molecular weight excluding hydrogens is 268 g/mol. The van der Waals surface area contributed by atoms with E-state index in [0.29, 0.717) is 12.0 Å². The molecule has 0 aromatic rings. The first-order valence-corrected chi connectivity index (χ1v) is 8.08. The minimum atomic E-state index is -0.158. The number of hydrogen-bond acceptors (Lipinski definition) is 5. The van der Waals surface area contributed by atoms with Crippen molar-refractivity contribution in [3.05, 3.63) is 0 Å². The number of methoxy groups -OCH3 is 2. The molecule has 1 heterocycles. The zero-order valence-electron chi connectivity index (χ0n) is 14.1. The van der Waals surface area contributed by atoms with Crippen LogP contribution < -0.4 is 5.73 Å². The molecule has 0 spiro atoms. The van der Waals surface area contributed by atoms with Gasteiger partial charge in [-0.1, -0.05) is 13.8 Å². The van der Waals surface area contributed by atoms with Crippen molar-refractivity contribution in [3.63, 3.8) is 0 Å². The molecule has 3 atom stereocenters. The van der Waals surface area contributed by atoms with E-state index in [1.807, 2.05) is 0 Å². The number of hydrogen-bond donors (Lipinski definition) is 1. The first-order chi connectivity index (χ1) is 9.97. The van der Waals surface area contributed by atoms with E-state index in [2.05, 4.69) is 18.7 Å². The number of ether oxygens (including phenoxy) is 3. The van der Waals surface area contributed by atoms with Gasteiger partial charge in [0.25, 0.3) is 0 Å². The molecule has 3 unspecified atom stereocenters. The zero-order chi connectivity index (χ0) is 15.5. The van der Waals surface area contributed by atoms with Crippen molar-refractivity contribution >= 4 is 0 Å². The molecule has 2 aliphatic rings. The lowest BCUT2D eigenvalue weighted by molar-refractivity contribution is -0.163. The Morgan fingerprint density at radius 2 is 1.90 bits per heavy atom. The maximum atomic E-state index is 6.85. The highest BCUT2D eigenvalue weighted by Crippen LogP contribution is 2.58. The summed E-state index contributed by atoms with van der Waals surface area (Å²) in [6.45, 7) is 9.75. The van der Waals surface area contributed by atoms with Crippen molar-refractivity contribution < 1.29 is 14.2 Å². The number of nitrogens with zero attached hydrogens (tertiary/aromatic N) is 1. The molecule has 5 heteroatoms. The van der Waals surface area contributed by atoms with E-state index < -0.39 is 0 Å². The summed E-state index contributed by atoms with van der Waals surface area (Å²) in [5.74, 6) is 0.500. The summed E-state index contributed by atoms with van der Waals surface area (Å²) < 4.78 is 16.3. The molecule has 1 aliphatic heterocycles. The molecule has 2 rings (SSSR count). The van der Waals surface area contributed by atoms with E-state index in [0.717, 1.165) is 52.3 Å². The molecule has 2 N–H and O–H groups in total. The minimum absolute atomic E-state index is 0.0424. The normalized spacial score (nSPS) is 34.0. The van der Waals surface area contributed by atoms with Crippen molar-refractivity contribution in [2.24, 2.45) is 17.1 Å². The van der Waals surface area contributed by atoms with Crippen LogP contribution in [0.4, 0.5) is 0 Å². The van der Waals surface area contributed by atoms with Gasteiger partial charge in [0, 0.05) is 63.9 Å². The summed E-state index contributed by atoms with van der Waals surface area (Å²) in [6.07, 6.45) is 2.47. The van der Waals surface area contributed by atoms with Crippen molar-refractivity contribution in [2.45, 2.75) is 38.3 Å². The Labute approximate surface area is 129 Å². The van der Waals surface area contributed by atoms with Crippen LogP contribution >= 0.6 is 0 Å². The van der Waals surface area contributed by atoms with Gasteiger partial charge < -0.3 is 19.9 Å². The monoisotopic (exact) mass is 300 g/mol. The highest BCUT2D eigenvalue weighted by molar-refractivity contribution is 5.21. The molecule has 0 amide bonds. The molecule has 124 valence electrons. The van der Waals surface area contributed by atoms with Crippen LogP contribution in [-0.4, -0.2) is 70.2 Å². The second-order valence-corrected chi connectivity index (χ2v) is 7.06. The maximum Gasteiger partial charge on any atom is 0.0691 e. The predicted octanol–water partition coefficient (Wildman–Crippen LogP) is 1.11. The molecule has 21 heavy (non-hydrogen) atoms. The Hall–Kier alpha value is -0.200. The highest BCUT2D eigenvalue weighted by Gasteiger charge is 2.67. The molecule has 2 fully saturated rings. The van der Waals surface area contributed by atoms with E-state index in [4.69, 9.17) is 19.9 Å². The summed E-state index contributed by atoms with van der Waals surface area (Å²) >= 11 is 0. The van der Waals surface area contributed by atoms with Gasteiger partial charge >= 0.3 is 0 Å². The maximum absolute atomic E-state index is 6.85. The van der Waals surface area contributed by atoms with Gasteiger partial charge in [0.1, 0.15) is 0 Å². The van der Waals surface area contributed by atoms with E-state index in [1.165, 1.54) is 0 Å². The van der Waals surface area contributed by atoms with E-state index in [9.17, 15) is 0 Å². The van der Waals surface area contributed by atoms with Crippen LogP contribution in [0.5, 0.6) is 0 Å². The first kappa shape index (κ1) is 17.2. The van der Waals surface area contributed by atoms with Crippen LogP contribution in [-0.2, 0) is 14.2 Å². The largest absolute Gasteiger partial charge is 0.385 e. The lowest BCUT2D eigenvalue weighted by Gasteiger charge is -2.63. The van der Waals surface area contributed by atoms with Gasteiger partial charge in [-0.25, -0.2) is 0 Å². The molecule has 1 aliphatic carbocycles. The fourth-order valence-electron chi connectivity index (χ4n) is 4.09. The molecule has 0 bridgehead atoms. The minimum Gasteiger partial charge on any atom is -0.385 e. The standard InChI is InChI=1S/C16H32N2O3/c1-15(2)14-13(6-10-21-14)16(15,17)12-18(8-11-20-4)7-5-9-19-3/h13-14H,5-12,17H2,1-4H3. The average molecular weight is 300 g/mol. The third-order valence-electron chi connectivity index (χ3n) is 5.58. The molecule has 1 saturated carbocycles. The fraction of sp³-hybridized carbons (Fsp3) is 1.00. The molecule has 0 aromatic heterocycles. The van der Waals surface area contributed by atoms with Gasteiger partial charge in [-0.15, -0.1) is 0 Å². The second-order valence-electron chi connectivity index (χ2n) is 7.06. The Kier molecular flexibility index (Phi) is 5.65. The Morgan fingerprint density at radius 3 is 2.57 bits per heavy atom. The van der Waals surface area contributed by atoms with Gasteiger partial charge in [0.15, 0.2) is 0 Å². The average Bonchev–Trinajstić information content (AvgIpc) is 2.93. The Morgan fingerprint density at radius 1 is 1.19 bits per heavy atom. The van der Waals surface area contributed by atoms with Crippen LogP contribution in [0.25, 0.3) is 0 Å². The third kappa shape index (κ3) is 3.13. The predicted molar refractivity (Wildman–Crippen MR) is 83.4 cm³/mol. The topological polar surface area (TPSA) is 57.0 Å². The Bertz CT molecular complexity index is 337. The SMILES string of the molecule is COCCCN(CCOC)CC1(N)C2CCOC2C1(C)C. The summed E-state index contributed by atoms with van der Waals surface area (Å²) in [5, 5.41) is 0. The van der Waals surface area contributed by atoms with Gasteiger partial charge in [0.05, 0.1) is 12.7 Å². The zero-order valence-corrected chi connectivity index (χ0v) is 14.1. The summed E-state index contributed by atoms with van der Waals surface area (Å²) in [5.41, 5.74) is 6.73. The first-order valence-electron chi connectivity index (χ1n) is 8.08. The van der Waals surface area contributed by atoms with Crippen LogP contribution in [0.2, 0.25) is 0 Å². The summed E-state index contributed by atoms with van der Waals surface area (Å²) in [4.78, 5) is 2.43. The van der Waals surface area contributed by atoms with Crippen LogP contribution in [0, 0.1) is 11.3 Å².